The van der Waals surface area contributed by atoms with Crippen molar-refractivity contribution < 1.29 is 14.0 Å². The number of likely N-dealkylation sites (N-methyl/N-ethyl adjacent to an activating group) is 1. The molecule has 0 bridgehead atoms. The number of allylic oxidation sites excluding steroid dienone is 7. The van der Waals surface area contributed by atoms with Gasteiger partial charge in [-0.2, -0.15) is 0 Å². The maximum absolute atomic E-state index is 12.7. The highest BCUT2D eigenvalue weighted by Gasteiger charge is 2.33. The highest BCUT2D eigenvalue weighted by molar-refractivity contribution is 5.91. The third-order valence-electron chi connectivity index (χ3n) is 10.5. The van der Waals surface area contributed by atoms with Gasteiger partial charge in [-0.3, -0.25) is 5.32 Å². The first-order valence-corrected chi connectivity index (χ1v) is 17.8. The Balaban J connectivity index is 0.899. The Morgan fingerprint density at radius 3 is 2.37 bits per heavy atom. The number of anilines is 1. The zero-order chi connectivity index (χ0) is 32.2. The van der Waals surface area contributed by atoms with Crippen LogP contribution in [-0.4, -0.2) is 67.9 Å². The Hall–Kier alpha value is -3.41. The number of carbonyl (C=O) groups excluding carboxylic acids is 1. The molecule has 246 valence electrons. The van der Waals surface area contributed by atoms with Gasteiger partial charge in [0.2, 0.25) is 0 Å². The first kappa shape index (κ1) is 33.9. The number of nitrogens with one attached hydrogen (secondary N) is 1. The number of piperidine rings is 1. The molecular weight excluding hydrogens is 566 g/mol. The number of unbranched alkanes of at least 4 members (excludes halogenated alkanes) is 6. The van der Waals surface area contributed by atoms with Gasteiger partial charge in [0.05, 0.1) is 26.3 Å². The van der Waals surface area contributed by atoms with E-state index in [0.29, 0.717) is 12.0 Å². The van der Waals surface area contributed by atoms with Gasteiger partial charge in [-0.15, -0.1) is 0 Å². The molecule has 0 spiro atoms. The third-order valence-corrected chi connectivity index (χ3v) is 10.5. The second kappa shape index (κ2) is 16.9. The van der Waals surface area contributed by atoms with Crippen LogP contribution in [0.4, 0.5) is 10.5 Å². The Labute approximate surface area is 278 Å². The summed E-state index contributed by atoms with van der Waals surface area (Å²) in [7, 11) is 4.84. The van der Waals surface area contributed by atoms with Crippen LogP contribution in [0.25, 0.3) is 11.1 Å². The van der Waals surface area contributed by atoms with Crippen LogP contribution in [0.5, 0.6) is 0 Å². The van der Waals surface area contributed by atoms with Crippen molar-refractivity contribution in [3.63, 3.8) is 0 Å². The quantitative estimate of drug-likeness (QED) is 0.159. The fourth-order valence-electron chi connectivity index (χ4n) is 7.30. The zero-order valence-electron chi connectivity index (χ0n) is 28.5. The Morgan fingerprint density at radius 1 is 0.891 bits per heavy atom. The maximum Gasteiger partial charge on any atom is 0.411 e. The molecule has 0 saturated carbocycles. The van der Waals surface area contributed by atoms with Gasteiger partial charge in [0, 0.05) is 24.6 Å². The van der Waals surface area contributed by atoms with E-state index in [9.17, 15) is 4.79 Å². The molecule has 0 radical (unpaired) electrons. The summed E-state index contributed by atoms with van der Waals surface area (Å²) in [5, 5.41) is 2.98. The van der Waals surface area contributed by atoms with E-state index in [0.717, 1.165) is 60.2 Å². The molecule has 2 aromatic rings. The number of para-hydroxylation sites is 1. The predicted molar refractivity (Wildman–Crippen MR) is 193 cm³/mol. The van der Waals surface area contributed by atoms with Crippen LogP contribution in [-0.2, 0) is 4.74 Å². The van der Waals surface area contributed by atoms with Gasteiger partial charge >= 0.3 is 6.09 Å². The van der Waals surface area contributed by atoms with E-state index < -0.39 is 0 Å². The van der Waals surface area contributed by atoms with Crippen molar-refractivity contribution in [1.29, 1.82) is 0 Å². The number of likely N-dealkylation sites (tertiary alicyclic amines) is 1. The van der Waals surface area contributed by atoms with Crippen molar-refractivity contribution in [3.8, 4) is 11.1 Å². The van der Waals surface area contributed by atoms with Crippen LogP contribution >= 0.6 is 0 Å². The molecule has 1 unspecified atom stereocenters. The summed E-state index contributed by atoms with van der Waals surface area (Å²) in [5.41, 5.74) is 5.95. The average Bonchev–Trinajstić information content (AvgIpc) is 3.08. The maximum atomic E-state index is 12.7. The number of fused-ring (bicyclic) bond motifs is 1. The lowest BCUT2D eigenvalue weighted by Gasteiger charge is -2.41. The molecule has 1 aliphatic heterocycles. The molecule has 2 aliphatic carbocycles. The molecule has 1 N–H and O–H groups in total. The Morgan fingerprint density at radius 2 is 1.59 bits per heavy atom. The van der Waals surface area contributed by atoms with Crippen LogP contribution in [0, 0.1) is 5.92 Å². The number of carbonyl (C=O) groups is 1. The monoisotopic (exact) mass is 622 g/mol. The Kier molecular flexibility index (Phi) is 12.5. The molecule has 0 aromatic heterocycles. The second-order valence-electron chi connectivity index (χ2n) is 14.0. The van der Waals surface area contributed by atoms with Crippen LogP contribution in [0.15, 0.2) is 102 Å². The van der Waals surface area contributed by atoms with Crippen molar-refractivity contribution in [2.24, 2.45) is 5.92 Å². The molecule has 5 nitrogen and oxygen atoms in total. The van der Waals surface area contributed by atoms with Crippen molar-refractivity contribution in [2.45, 2.75) is 83.3 Å². The van der Waals surface area contributed by atoms with E-state index in [2.05, 4.69) is 79.8 Å². The van der Waals surface area contributed by atoms with E-state index in [1.165, 1.54) is 57.1 Å². The number of amides is 1. The van der Waals surface area contributed by atoms with Gasteiger partial charge < -0.3 is 14.1 Å². The van der Waals surface area contributed by atoms with E-state index in [1.807, 2.05) is 42.5 Å². The zero-order valence-corrected chi connectivity index (χ0v) is 28.5. The number of hydrogen-bond acceptors (Lipinski definition) is 3. The number of ether oxygens (including phenoxy) is 1. The highest BCUT2D eigenvalue weighted by Crippen LogP contribution is 2.36. The third kappa shape index (κ3) is 9.56. The molecule has 5 heteroatoms. The van der Waals surface area contributed by atoms with Gasteiger partial charge in [0.15, 0.2) is 0 Å². The van der Waals surface area contributed by atoms with Gasteiger partial charge in [0.1, 0.15) is 12.1 Å². The molecular formula is C41H56N3O2+. The minimum Gasteiger partial charge on any atom is -0.446 e. The SMILES string of the molecule is C[C@H](C1=CC=CC2=CC=CCC21)[N+](C)(C)CCCCCCCCCN1CCC(OC(=O)Nc2ccccc2-c2ccccc2)CC1. The number of nitrogens with zero attached hydrogens (tertiary/aromatic N) is 2. The van der Waals surface area contributed by atoms with Crippen LogP contribution in [0.3, 0.4) is 0 Å². The molecule has 1 amide bonds. The van der Waals surface area contributed by atoms with Crippen LogP contribution < -0.4 is 5.32 Å². The van der Waals surface area contributed by atoms with Crippen LogP contribution in [0.2, 0.25) is 0 Å². The smallest absolute Gasteiger partial charge is 0.411 e. The number of benzene rings is 2. The van der Waals surface area contributed by atoms with E-state index in [1.54, 1.807) is 5.57 Å². The lowest BCUT2D eigenvalue weighted by atomic mass is 9.78. The topological polar surface area (TPSA) is 41.6 Å². The summed E-state index contributed by atoms with van der Waals surface area (Å²) >= 11 is 0. The summed E-state index contributed by atoms with van der Waals surface area (Å²) in [5.74, 6) is 0.572. The summed E-state index contributed by atoms with van der Waals surface area (Å²) in [4.78, 5) is 15.3. The molecule has 1 heterocycles. The van der Waals surface area contributed by atoms with E-state index in [-0.39, 0.29) is 12.2 Å². The van der Waals surface area contributed by atoms with Gasteiger partial charge in [-0.1, -0.05) is 111 Å². The minimum absolute atomic E-state index is 0.0123. The number of hydrogen-bond donors (Lipinski definition) is 1. The molecule has 1 fully saturated rings. The van der Waals surface area contributed by atoms with Crippen molar-refractivity contribution >= 4 is 11.8 Å². The lowest BCUT2D eigenvalue weighted by Crippen LogP contribution is -2.50. The van der Waals surface area contributed by atoms with Gasteiger partial charge in [0.25, 0.3) is 0 Å². The number of rotatable bonds is 15. The largest absolute Gasteiger partial charge is 0.446 e. The summed E-state index contributed by atoms with van der Waals surface area (Å²) in [6.07, 6.45) is 25.6. The average molecular weight is 623 g/mol. The van der Waals surface area contributed by atoms with E-state index >= 15 is 0 Å². The predicted octanol–water partition coefficient (Wildman–Crippen LogP) is 9.56. The Bertz CT molecular complexity index is 1380. The van der Waals surface area contributed by atoms with Crippen LogP contribution in [0.1, 0.15) is 71.1 Å². The second-order valence-corrected chi connectivity index (χ2v) is 14.0. The molecule has 2 aromatic carbocycles. The fraction of sp³-hybridized carbons (Fsp3) is 0.488. The van der Waals surface area contributed by atoms with E-state index in [4.69, 9.17) is 4.74 Å². The number of quaternary nitrogens is 1. The molecule has 5 rings (SSSR count). The fourth-order valence-corrected chi connectivity index (χ4v) is 7.30. The first-order valence-electron chi connectivity index (χ1n) is 17.8. The van der Waals surface area contributed by atoms with Crippen molar-refractivity contribution in [2.75, 3.05) is 45.6 Å². The van der Waals surface area contributed by atoms with Gasteiger partial charge in [-0.25, -0.2) is 4.79 Å². The summed E-state index contributed by atoms with van der Waals surface area (Å²) in [6, 6.07) is 18.6. The van der Waals surface area contributed by atoms with Crippen molar-refractivity contribution in [1.82, 2.24) is 4.90 Å². The summed E-state index contributed by atoms with van der Waals surface area (Å²) in [6.45, 7) is 6.85. The molecule has 1 saturated heterocycles. The molecule has 3 aliphatic rings. The standard InChI is InChI=1S/C41H55N3O2/c1-33(37-25-18-22-34-21-12-13-23-38(34)37)44(2,3)32-17-8-6-4-5-7-16-29-43-30-27-36(28-31-43)46-41(45)42-40-26-15-14-24-39(40)35-19-10-9-11-20-35/h9-15,18-22,24-26,33,36,38H,4-8,16-17,23,27-32H2,1-3H3/p+1/t33-,38?/m1/s1. The normalized spacial score (nSPS) is 19.2. The lowest BCUT2D eigenvalue weighted by molar-refractivity contribution is -0.908. The minimum atomic E-state index is -0.356. The first-order chi connectivity index (χ1) is 22.4. The molecule has 2 atom stereocenters. The van der Waals surface area contributed by atoms with Gasteiger partial charge in [-0.05, 0) is 74.8 Å². The molecule has 46 heavy (non-hydrogen) atoms. The highest BCUT2D eigenvalue weighted by atomic mass is 16.6. The van der Waals surface area contributed by atoms with Crippen molar-refractivity contribution in [3.05, 3.63) is 102 Å². The summed E-state index contributed by atoms with van der Waals surface area (Å²) < 4.78 is 6.89.